The van der Waals surface area contributed by atoms with Crippen LogP contribution in [-0.2, 0) is 0 Å². The molecule has 1 aromatic carbocycles. The van der Waals surface area contributed by atoms with E-state index in [-0.39, 0.29) is 6.04 Å². The first kappa shape index (κ1) is 11.7. The Balaban J connectivity index is 2.07. The largest absolute Gasteiger partial charge is 0.459 e. The monoisotopic (exact) mass is 278 g/mol. The summed E-state index contributed by atoms with van der Waals surface area (Å²) in [5, 5.41) is 4.97. The molecular weight excluding hydrogens is 268 g/mol. The molecular formula is C13H11ClN2OS. The van der Waals surface area contributed by atoms with Crippen molar-refractivity contribution in [1.82, 2.24) is 10.3 Å². The van der Waals surface area contributed by atoms with Crippen molar-refractivity contribution in [1.29, 1.82) is 0 Å². The Bertz CT molecular complexity index is 663. The summed E-state index contributed by atoms with van der Waals surface area (Å²) >= 11 is 7.58. The highest BCUT2D eigenvalue weighted by Crippen LogP contribution is 2.30. The molecule has 1 N–H and O–H groups in total. The number of benzene rings is 1. The molecule has 2 aromatic heterocycles. The zero-order valence-electron chi connectivity index (χ0n) is 9.68. The van der Waals surface area contributed by atoms with Gasteiger partial charge in [0.2, 0.25) is 0 Å². The molecule has 0 fully saturated rings. The van der Waals surface area contributed by atoms with Crippen molar-refractivity contribution >= 4 is 33.9 Å². The topological polar surface area (TPSA) is 38.1 Å². The molecule has 1 unspecified atom stereocenters. The highest BCUT2D eigenvalue weighted by molar-refractivity contribution is 7.09. The molecule has 0 radical (unpaired) electrons. The molecule has 1 atom stereocenters. The van der Waals surface area contributed by atoms with Crippen LogP contribution in [0, 0.1) is 0 Å². The fourth-order valence-corrected chi connectivity index (χ4v) is 2.89. The van der Waals surface area contributed by atoms with E-state index < -0.39 is 0 Å². The zero-order chi connectivity index (χ0) is 12.5. The van der Waals surface area contributed by atoms with Crippen molar-refractivity contribution in [3.63, 3.8) is 0 Å². The Morgan fingerprint density at radius 2 is 2.28 bits per heavy atom. The highest BCUT2D eigenvalue weighted by atomic mass is 35.5. The van der Waals surface area contributed by atoms with Gasteiger partial charge in [0.15, 0.2) is 0 Å². The number of furan rings is 1. The maximum atomic E-state index is 5.98. The predicted octanol–water partition coefficient (Wildman–Crippen LogP) is 3.85. The van der Waals surface area contributed by atoms with E-state index in [9.17, 15) is 0 Å². The average Bonchev–Trinajstić information content (AvgIpc) is 2.98. The van der Waals surface area contributed by atoms with Gasteiger partial charge in [-0.3, -0.25) is 4.98 Å². The van der Waals surface area contributed by atoms with Crippen LogP contribution in [0.1, 0.15) is 16.7 Å². The summed E-state index contributed by atoms with van der Waals surface area (Å²) in [7, 11) is 1.91. The summed E-state index contributed by atoms with van der Waals surface area (Å²) in [5.41, 5.74) is 2.67. The summed E-state index contributed by atoms with van der Waals surface area (Å²) in [6.45, 7) is 0. The van der Waals surface area contributed by atoms with Crippen LogP contribution < -0.4 is 5.32 Å². The van der Waals surface area contributed by atoms with Crippen LogP contribution in [0.25, 0.3) is 11.0 Å². The molecule has 0 saturated heterocycles. The molecule has 2 heterocycles. The number of hydrogen-bond donors (Lipinski definition) is 1. The lowest BCUT2D eigenvalue weighted by Crippen LogP contribution is -2.15. The van der Waals surface area contributed by atoms with Crippen LogP contribution >= 0.6 is 22.9 Å². The molecule has 3 rings (SSSR count). The fourth-order valence-electron chi connectivity index (χ4n) is 1.97. The normalized spacial score (nSPS) is 13.0. The molecule has 18 heavy (non-hydrogen) atoms. The van der Waals surface area contributed by atoms with Crippen LogP contribution in [0.2, 0.25) is 5.02 Å². The lowest BCUT2D eigenvalue weighted by atomic mass is 10.2. The van der Waals surface area contributed by atoms with E-state index in [1.165, 1.54) is 0 Å². The third-order valence-corrected chi connectivity index (χ3v) is 3.88. The van der Waals surface area contributed by atoms with Gasteiger partial charge < -0.3 is 9.73 Å². The molecule has 0 aliphatic heterocycles. The summed E-state index contributed by atoms with van der Waals surface area (Å²) in [5.74, 6) is 0.874. The quantitative estimate of drug-likeness (QED) is 0.791. The Morgan fingerprint density at radius 3 is 3.00 bits per heavy atom. The van der Waals surface area contributed by atoms with Gasteiger partial charge in [0.05, 0.1) is 5.51 Å². The van der Waals surface area contributed by atoms with Gasteiger partial charge in [-0.25, -0.2) is 0 Å². The molecule has 5 heteroatoms. The summed E-state index contributed by atoms with van der Waals surface area (Å²) in [6.07, 6.45) is 1.85. The van der Waals surface area contributed by atoms with Crippen LogP contribution in [0.3, 0.4) is 0 Å². The van der Waals surface area contributed by atoms with Gasteiger partial charge in [-0.1, -0.05) is 11.6 Å². The van der Waals surface area contributed by atoms with E-state index in [0.29, 0.717) is 5.02 Å². The number of thiazole rings is 1. The van der Waals surface area contributed by atoms with Crippen LogP contribution in [0.15, 0.2) is 40.4 Å². The third kappa shape index (κ3) is 2.03. The van der Waals surface area contributed by atoms with E-state index in [0.717, 1.165) is 21.6 Å². The lowest BCUT2D eigenvalue weighted by molar-refractivity contribution is 0.495. The molecule has 92 valence electrons. The minimum absolute atomic E-state index is 0.0312. The van der Waals surface area contributed by atoms with Gasteiger partial charge in [0.25, 0.3) is 0 Å². The van der Waals surface area contributed by atoms with E-state index >= 15 is 0 Å². The van der Waals surface area contributed by atoms with Crippen molar-refractivity contribution in [2.45, 2.75) is 6.04 Å². The Hall–Kier alpha value is -1.36. The second kappa shape index (κ2) is 4.72. The SMILES string of the molecule is CNC(c1cc2cc(Cl)ccc2o1)c1cncs1. The van der Waals surface area contributed by atoms with Crippen molar-refractivity contribution in [3.8, 4) is 0 Å². The van der Waals surface area contributed by atoms with E-state index in [1.54, 1.807) is 11.3 Å². The van der Waals surface area contributed by atoms with Crippen LogP contribution in [0.5, 0.6) is 0 Å². The Morgan fingerprint density at radius 1 is 1.39 bits per heavy atom. The van der Waals surface area contributed by atoms with Crippen molar-refractivity contribution in [2.24, 2.45) is 0 Å². The zero-order valence-corrected chi connectivity index (χ0v) is 11.3. The van der Waals surface area contributed by atoms with Gasteiger partial charge in [-0.05, 0) is 31.3 Å². The number of nitrogens with one attached hydrogen (secondary N) is 1. The van der Waals surface area contributed by atoms with Crippen LogP contribution in [-0.4, -0.2) is 12.0 Å². The highest BCUT2D eigenvalue weighted by Gasteiger charge is 2.18. The first-order chi connectivity index (χ1) is 8.78. The molecule has 3 aromatic rings. The minimum atomic E-state index is 0.0312. The van der Waals surface area contributed by atoms with E-state index in [1.807, 2.05) is 43.0 Å². The number of hydrogen-bond acceptors (Lipinski definition) is 4. The fraction of sp³-hybridized carbons (Fsp3) is 0.154. The van der Waals surface area contributed by atoms with Gasteiger partial charge in [0, 0.05) is 21.5 Å². The maximum Gasteiger partial charge on any atom is 0.134 e. The molecule has 0 amide bonds. The Kier molecular flexibility index (Phi) is 3.07. The molecule has 0 spiro atoms. The number of fused-ring (bicyclic) bond motifs is 1. The van der Waals surface area contributed by atoms with Crippen molar-refractivity contribution < 1.29 is 4.42 Å². The Labute approximate surface area is 113 Å². The van der Waals surface area contributed by atoms with Crippen molar-refractivity contribution in [2.75, 3.05) is 7.05 Å². The number of aromatic nitrogens is 1. The lowest BCUT2D eigenvalue weighted by Gasteiger charge is -2.10. The molecule has 0 saturated carbocycles. The molecule has 3 nitrogen and oxygen atoms in total. The molecule has 0 bridgehead atoms. The van der Waals surface area contributed by atoms with Crippen molar-refractivity contribution in [3.05, 3.63) is 51.6 Å². The minimum Gasteiger partial charge on any atom is -0.459 e. The first-order valence-corrected chi connectivity index (χ1v) is 6.78. The van der Waals surface area contributed by atoms with Gasteiger partial charge in [-0.15, -0.1) is 11.3 Å². The second-order valence-electron chi connectivity index (χ2n) is 3.96. The smallest absolute Gasteiger partial charge is 0.134 e. The maximum absolute atomic E-state index is 5.98. The van der Waals surface area contributed by atoms with Gasteiger partial charge in [-0.2, -0.15) is 0 Å². The summed E-state index contributed by atoms with van der Waals surface area (Å²) < 4.78 is 5.86. The summed E-state index contributed by atoms with van der Waals surface area (Å²) in [6, 6.07) is 7.67. The average molecular weight is 279 g/mol. The number of rotatable bonds is 3. The van der Waals surface area contributed by atoms with Gasteiger partial charge in [0.1, 0.15) is 17.4 Å². The molecule has 0 aliphatic rings. The predicted molar refractivity (Wildman–Crippen MR) is 74.2 cm³/mol. The number of nitrogens with zero attached hydrogens (tertiary/aromatic N) is 1. The van der Waals surface area contributed by atoms with E-state index in [4.69, 9.17) is 16.0 Å². The first-order valence-electron chi connectivity index (χ1n) is 5.52. The standard InChI is InChI=1S/C13H11ClN2OS/c1-15-13(12-6-16-7-18-12)11-5-8-4-9(14)2-3-10(8)17-11/h2-7,13,15H,1H3. The van der Waals surface area contributed by atoms with E-state index in [2.05, 4.69) is 10.3 Å². The third-order valence-electron chi connectivity index (χ3n) is 2.81. The van der Waals surface area contributed by atoms with Crippen LogP contribution in [0.4, 0.5) is 0 Å². The summed E-state index contributed by atoms with van der Waals surface area (Å²) in [4.78, 5) is 5.23. The second-order valence-corrected chi connectivity index (χ2v) is 5.31. The van der Waals surface area contributed by atoms with Gasteiger partial charge >= 0.3 is 0 Å². The number of halogens is 1. The molecule has 0 aliphatic carbocycles.